The number of hydrogen-bond donors (Lipinski definition) is 1. The van der Waals surface area contributed by atoms with Crippen LogP contribution in [0.4, 0.5) is 8.78 Å². The van der Waals surface area contributed by atoms with Gasteiger partial charge in [0.1, 0.15) is 12.4 Å². The molecule has 166 valence electrons. The van der Waals surface area contributed by atoms with E-state index in [-0.39, 0.29) is 24.0 Å². The van der Waals surface area contributed by atoms with Crippen LogP contribution >= 0.6 is 11.6 Å². The van der Waals surface area contributed by atoms with Gasteiger partial charge in [-0.15, -0.1) is 0 Å². The van der Waals surface area contributed by atoms with E-state index < -0.39 is 23.5 Å². The van der Waals surface area contributed by atoms with Gasteiger partial charge in [-0.2, -0.15) is 0 Å². The lowest BCUT2D eigenvalue weighted by atomic mass is 10.0. The standard InChI is InChI=1S/C24H20ClF2NO4/c1-14(15-3-5-16(6-4-15)24(30)31-2)28-23(29)20-11-18(25)8-7-17(20)13-32-22-12-19(26)9-10-21(22)27/h3-12,14H,13H2,1-2H3,(H,28,29). The largest absolute Gasteiger partial charge is 0.486 e. The normalized spacial score (nSPS) is 11.5. The lowest BCUT2D eigenvalue weighted by Gasteiger charge is -2.17. The molecular weight excluding hydrogens is 440 g/mol. The molecule has 0 spiro atoms. The van der Waals surface area contributed by atoms with Crippen LogP contribution in [0.5, 0.6) is 5.75 Å². The second-order valence-corrected chi connectivity index (χ2v) is 7.41. The van der Waals surface area contributed by atoms with Gasteiger partial charge in [0.05, 0.1) is 18.7 Å². The predicted molar refractivity (Wildman–Crippen MR) is 116 cm³/mol. The number of halogens is 3. The summed E-state index contributed by atoms with van der Waals surface area (Å²) in [4.78, 5) is 24.5. The van der Waals surface area contributed by atoms with Gasteiger partial charge in [-0.1, -0.05) is 29.8 Å². The molecule has 1 unspecified atom stereocenters. The topological polar surface area (TPSA) is 64.6 Å². The average molecular weight is 460 g/mol. The van der Waals surface area contributed by atoms with E-state index in [1.54, 1.807) is 43.3 Å². The van der Waals surface area contributed by atoms with Crippen LogP contribution in [0.1, 0.15) is 44.8 Å². The maximum absolute atomic E-state index is 13.8. The Kier molecular flexibility index (Phi) is 7.43. The van der Waals surface area contributed by atoms with Gasteiger partial charge >= 0.3 is 5.97 Å². The fraction of sp³-hybridized carbons (Fsp3) is 0.167. The maximum atomic E-state index is 13.8. The average Bonchev–Trinajstić information content (AvgIpc) is 2.79. The van der Waals surface area contributed by atoms with Crippen molar-refractivity contribution >= 4 is 23.5 Å². The Labute approximate surface area is 188 Å². The summed E-state index contributed by atoms with van der Waals surface area (Å²) < 4.78 is 37.3. The van der Waals surface area contributed by atoms with Crippen LogP contribution in [0.25, 0.3) is 0 Å². The number of carbonyl (C=O) groups is 2. The summed E-state index contributed by atoms with van der Waals surface area (Å²) in [7, 11) is 1.30. The minimum atomic E-state index is -0.713. The van der Waals surface area contributed by atoms with E-state index in [1.165, 1.54) is 13.2 Å². The van der Waals surface area contributed by atoms with Crippen LogP contribution in [0.2, 0.25) is 5.02 Å². The molecule has 0 fully saturated rings. The van der Waals surface area contributed by atoms with E-state index in [0.29, 0.717) is 16.1 Å². The predicted octanol–water partition coefficient (Wildman–Crippen LogP) is 5.47. The maximum Gasteiger partial charge on any atom is 0.337 e. The van der Waals surface area contributed by atoms with Crippen molar-refractivity contribution in [1.82, 2.24) is 5.32 Å². The molecule has 0 aliphatic heterocycles. The lowest BCUT2D eigenvalue weighted by Crippen LogP contribution is -2.28. The van der Waals surface area contributed by atoms with Crippen LogP contribution in [0.15, 0.2) is 60.7 Å². The molecule has 0 heterocycles. The van der Waals surface area contributed by atoms with Gasteiger partial charge < -0.3 is 14.8 Å². The first kappa shape index (κ1) is 23.2. The fourth-order valence-corrected chi connectivity index (χ4v) is 3.18. The highest BCUT2D eigenvalue weighted by Crippen LogP contribution is 2.23. The van der Waals surface area contributed by atoms with Crippen molar-refractivity contribution in [3.63, 3.8) is 0 Å². The molecular formula is C24H20ClF2NO4. The number of benzene rings is 3. The number of amides is 1. The zero-order chi connectivity index (χ0) is 23.3. The van der Waals surface area contributed by atoms with Crippen LogP contribution in [0, 0.1) is 11.6 Å². The number of methoxy groups -OCH3 is 1. The molecule has 0 bridgehead atoms. The Bertz CT molecular complexity index is 1140. The molecule has 5 nitrogen and oxygen atoms in total. The number of nitrogens with one attached hydrogen (secondary N) is 1. The van der Waals surface area contributed by atoms with Gasteiger partial charge in [0.15, 0.2) is 11.6 Å². The Morgan fingerprint density at radius 1 is 1.03 bits per heavy atom. The molecule has 1 N–H and O–H groups in total. The summed E-state index contributed by atoms with van der Waals surface area (Å²) in [5.41, 5.74) is 1.86. The summed E-state index contributed by atoms with van der Waals surface area (Å²) in [5.74, 6) is -2.48. The van der Waals surface area contributed by atoms with Crippen LogP contribution in [-0.4, -0.2) is 19.0 Å². The molecule has 0 saturated carbocycles. The van der Waals surface area contributed by atoms with E-state index >= 15 is 0 Å². The third-order valence-electron chi connectivity index (χ3n) is 4.77. The van der Waals surface area contributed by atoms with Crippen molar-refractivity contribution in [3.8, 4) is 5.75 Å². The quantitative estimate of drug-likeness (QED) is 0.475. The van der Waals surface area contributed by atoms with Gasteiger partial charge in [-0.05, 0) is 48.9 Å². The second kappa shape index (κ2) is 10.2. The van der Waals surface area contributed by atoms with Crippen LogP contribution < -0.4 is 10.1 Å². The molecule has 1 atom stereocenters. The van der Waals surface area contributed by atoms with Gasteiger partial charge in [0.25, 0.3) is 5.91 Å². The highest BCUT2D eigenvalue weighted by Gasteiger charge is 2.17. The molecule has 1 amide bonds. The van der Waals surface area contributed by atoms with Crippen molar-refractivity contribution in [2.75, 3.05) is 7.11 Å². The van der Waals surface area contributed by atoms with Crippen molar-refractivity contribution in [2.45, 2.75) is 19.6 Å². The fourth-order valence-electron chi connectivity index (χ4n) is 3.01. The minimum Gasteiger partial charge on any atom is -0.486 e. The first-order valence-electron chi connectivity index (χ1n) is 9.64. The van der Waals surface area contributed by atoms with Gasteiger partial charge in [0, 0.05) is 22.2 Å². The van der Waals surface area contributed by atoms with Crippen LogP contribution in [0.3, 0.4) is 0 Å². The van der Waals surface area contributed by atoms with Crippen molar-refractivity contribution in [2.24, 2.45) is 0 Å². The Hall–Kier alpha value is -3.45. The summed E-state index contributed by atoms with van der Waals surface area (Å²) in [6, 6.07) is 13.8. The number of hydrogen-bond acceptors (Lipinski definition) is 4. The summed E-state index contributed by atoms with van der Waals surface area (Å²) in [6.45, 7) is 1.62. The number of rotatable bonds is 7. The van der Waals surface area contributed by atoms with Crippen LogP contribution in [-0.2, 0) is 11.3 Å². The van der Waals surface area contributed by atoms with E-state index in [0.717, 1.165) is 23.8 Å². The zero-order valence-electron chi connectivity index (χ0n) is 17.3. The highest BCUT2D eigenvalue weighted by atomic mass is 35.5. The number of ether oxygens (including phenoxy) is 2. The first-order valence-corrected chi connectivity index (χ1v) is 10.0. The van der Waals surface area contributed by atoms with Crippen molar-refractivity contribution in [1.29, 1.82) is 0 Å². The van der Waals surface area contributed by atoms with E-state index in [4.69, 9.17) is 16.3 Å². The molecule has 0 radical (unpaired) electrons. The number of carbonyl (C=O) groups excluding carboxylic acids is 2. The molecule has 3 aromatic carbocycles. The Morgan fingerprint density at radius 2 is 1.75 bits per heavy atom. The minimum absolute atomic E-state index is 0.164. The molecule has 0 aromatic heterocycles. The third-order valence-corrected chi connectivity index (χ3v) is 5.01. The summed E-state index contributed by atoms with van der Waals surface area (Å²) in [6.07, 6.45) is 0. The Morgan fingerprint density at radius 3 is 2.44 bits per heavy atom. The monoisotopic (exact) mass is 459 g/mol. The molecule has 0 aliphatic carbocycles. The molecule has 0 saturated heterocycles. The Balaban J connectivity index is 1.75. The summed E-state index contributed by atoms with van der Waals surface area (Å²) in [5, 5.41) is 3.20. The smallest absolute Gasteiger partial charge is 0.337 e. The molecule has 8 heteroatoms. The van der Waals surface area contributed by atoms with E-state index in [1.807, 2.05) is 0 Å². The van der Waals surface area contributed by atoms with Crippen molar-refractivity contribution in [3.05, 3.63) is 99.6 Å². The van der Waals surface area contributed by atoms with Gasteiger partial charge in [0.2, 0.25) is 0 Å². The first-order chi connectivity index (χ1) is 15.3. The molecule has 3 rings (SSSR count). The highest BCUT2D eigenvalue weighted by molar-refractivity contribution is 6.31. The van der Waals surface area contributed by atoms with E-state index in [2.05, 4.69) is 10.1 Å². The van der Waals surface area contributed by atoms with Crippen molar-refractivity contribution < 1.29 is 27.8 Å². The molecule has 3 aromatic rings. The summed E-state index contributed by atoms with van der Waals surface area (Å²) >= 11 is 6.06. The van der Waals surface area contributed by atoms with E-state index in [9.17, 15) is 18.4 Å². The lowest BCUT2D eigenvalue weighted by molar-refractivity contribution is 0.0600. The zero-order valence-corrected chi connectivity index (χ0v) is 18.1. The molecule has 0 aliphatic rings. The van der Waals surface area contributed by atoms with Gasteiger partial charge in [-0.25, -0.2) is 13.6 Å². The second-order valence-electron chi connectivity index (χ2n) is 6.97. The SMILES string of the molecule is COC(=O)c1ccc(C(C)NC(=O)c2cc(Cl)ccc2COc2cc(F)ccc2F)cc1. The van der Waals surface area contributed by atoms with Gasteiger partial charge in [-0.3, -0.25) is 4.79 Å². The third kappa shape index (κ3) is 5.62. The number of esters is 1. The molecule has 32 heavy (non-hydrogen) atoms.